The molecule has 16 heavy (non-hydrogen) atoms. The molecule has 1 rings (SSSR count). The second kappa shape index (κ2) is 6.51. The van der Waals surface area contributed by atoms with E-state index in [2.05, 4.69) is 4.90 Å². The number of rotatable bonds is 6. The summed E-state index contributed by atoms with van der Waals surface area (Å²) in [5.74, 6) is 0. The molecule has 1 aromatic rings. The third kappa shape index (κ3) is 3.22. The lowest BCUT2D eigenvalue weighted by molar-refractivity contribution is 0.112. The van der Waals surface area contributed by atoms with E-state index in [1.54, 1.807) is 12.1 Å². The average Bonchev–Trinajstić information content (AvgIpc) is 2.31. The van der Waals surface area contributed by atoms with Crippen LogP contribution in [-0.4, -0.2) is 31.1 Å². The van der Waals surface area contributed by atoms with E-state index in [-0.39, 0.29) is 6.61 Å². The molecular weight excluding hydrogens is 226 g/mol. The summed E-state index contributed by atoms with van der Waals surface area (Å²) in [5, 5.41) is 9.38. The predicted molar refractivity (Wildman–Crippen MR) is 66.4 cm³/mol. The maximum Gasteiger partial charge on any atom is 0.150 e. The van der Waals surface area contributed by atoms with Crippen molar-refractivity contribution in [3.05, 3.63) is 28.8 Å². The van der Waals surface area contributed by atoms with Crippen LogP contribution in [0.5, 0.6) is 0 Å². The van der Waals surface area contributed by atoms with E-state index in [0.29, 0.717) is 17.0 Å². The maximum absolute atomic E-state index is 10.6. The average molecular weight is 242 g/mol. The second-order valence-electron chi connectivity index (χ2n) is 3.49. The van der Waals surface area contributed by atoms with Crippen molar-refractivity contribution < 1.29 is 9.90 Å². The molecule has 0 aliphatic rings. The fraction of sp³-hybridized carbons (Fsp3) is 0.417. The molecule has 0 fully saturated rings. The number of aliphatic hydroxyl groups is 1. The molecule has 0 atom stereocenters. The summed E-state index contributed by atoms with van der Waals surface area (Å²) in [5.41, 5.74) is 1.48. The van der Waals surface area contributed by atoms with Gasteiger partial charge in [0.15, 0.2) is 0 Å². The highest BCUT2D eigenvalue weighted by Crippen LogP contribution is 2.26. The molecule has 1 aromatic carbocycles. The van der Waals surface area contributed by atoms with Gasteiger partial charge in [0.2, 0.25) is 0 Å². The van der Waals surface area contributed by atoms with Crippen molar-refractivity contribution in [3.8, 4) is 0 Å². The largest absolute Gasteiger partial charge is 0.396 e. The Hall–Kier alpha value is -1.06. The quantitative estimate of drug-likeness (QED) is 0.778. The number of anilines is 1. The molecule has 0 aromatic heterocycles. The molecule has 0 spiro atoms. The number of nitrogens with zero attached hydrogens (tertiary/aromatic N) is 1. The van der Waals surface area contributed by atoms with Gasteiger partial charge in [0.25, 0.3) is 0 Å². The monoisotopic (exact) mass is 241 g/mol. The van der Waals surface area contributed by atoms with Gasteiger partial charge in [0, 0.05) is 25.3 Å². The zero-order valence-electron chi connectivity index (χ0n) is 9.32. The Balaban J connectivity index is 2.87. The van der Waals surface area contributed by atoms with Gasteiger partial charge in [0.05, 0.1) is 10.7 Å². The highest BCUT2D eigenvalue weighted by atomic mass is 35.5. The number of carbonyl (C=O) groups excluding carboxylic acids is 1. The smallest absolute Gasteiger partial charge is 0.150 e. The van der Waals surface area contributed by atoms with Gasteiger partial charge in [0.1, 0.15) is 6.29 Å². The molecule has 0 saturated carbocycles. The Kier molecular flexibility index (Phi) is 5.29. The maximum atomic E-state index is 10.6. The molecule has 0 bridgehead atoms. The van der Waals surface area contributed by atoms with Crippen molar-refractivity contribution in [1.82, 2.24) is 0 Å². The Morgan fingerprint density at radius 1 is 1.50 bits per heavy atom. The summed E-state index contributed by atoms with van der Waals surface area (Å²) in [7, 11) is 0. The standard InChI is InChI=1S/C12H16ClNO2/c1-2-14(6-3-7-15)12-5-4-10(9-16)8-11(12)13/h4-5,8-9,15H,2-3,6-7H2,1H3. The van der Waals surface area contributed by atoms with Gasteiger partial charge in [-0.25, -0.2) is 0 Å². The fourth-order valence-corrected chi connectivity index (χ4v) is 1.87. The molecule has 1 N–H and O–H groups in total. The van der Waals surface area contributed by atoms with Crippen LogP contribution in [0, 0.1) is 0 Å². The van der Waals surface area contributed by atoms with Crippen molar-refractivity contribution in [3.63, 3.8) is 0 Å². The first-order valence-corrected chi connectivity index (χ1v) is 5.71. The van der Waals surface area contributed by atoms with E-state index >= 15 is 0 Å². The molecule has 88 valence electrons. The first kappa shape index (κ1) is 13.0. The summed E-state index contributed by atoms with van der Waals surface area (Å²) in [4.78, 5) is 12.7. The summed E-state index contributed by atoms with van der Waals surface area (Å²) in [6.07, 6.45) is 1.49. The van der Waals surface area contributed by atoms with Gasteiger partial charge < -0.3 is 10.0 Å². The highest BCUT2D eigenvalue weighted by molar-refractivity contribution is 6.33. The van der Waals surface area contributed by atoms with Crippen LogP contribution in [0.15, 0.2) is 18.2 Å². The molecule has 3 nitrogen and oxygen atoms in total. The normalized spacial score (nSPS) is 10.2. The number of halogens is 1. The molecule has 0 aliphatic carbocycles. The van der Waals surface area contributed by atoms with Gasteiger partial charge in [-0.3, -0.25) is 4.79 Å². The molecule has 0 aliphatic heterocycles. The number of aliphatic hydroxyl groups excluding tert-OH is 1. The number of carbonyl (C=O) groups is 1. The first-order valence-electron chi connectivity index (χ1n) is 5.33. The molecular formula is C12H16ClNO2. The van der Waals surface area contributed by atoms with Crippen molar-refractivity contribution >= 4 is 23.6 Å². The number of benzene rings is 1. The Bertz CT molecular complexity index is 355. The minimum Gasteiger partial charge on any atom is -0.396 e. The summed E-state index contributed by atoms with van der Waals surface area (Å²) < 4.78 is 0. The van der Waals surface area contributed by atoms with E-state index in [4.69, 9.17) is 16.7 Å². The van der Waals surface area contributed by atoms with Gasteiger partial charge in [-0.1, -0.05) is 11.6 Å². The molecule has 0 amide bonds. The first-order chi connectivity index (χ1) is 7.72. The molecule has 0 heterocycles. The van der Waals surface area contributed by atoms with Crippen LogP contribution in [0.1, 0.15) is 23.7 Å². The van der Waals surface area contributed by atoms with Crippen LogP contribution in [0.25, 0.3) is 0 Å². The predicted octanol–water partition coefficient (Wildman–Crippen LogP) is 2.36. The van der Waals surface area contributed by atoms with Crippen LogP contribution in [0.4, 0.5) is 5.69 Å². The van der Waals surface area contributed by atoms with E-state index in [9.17, 15) is 4.79 Å². The van der Waals surface area contributed by atoms with Crippen molar-refractivity contribution in [2.75, 3.05) is 24.6 Å². The summed E-state index contributed by atoms with van der Waals surface area (Å²) in [6, 6.07) is 5.24. The minimum atomic E-state index is 0.167. The minimum absolute atomic E-state index is 0.167. The Labute approximate surface area is 101 Å². The number of hydrogen-bond acceptors (Lipinski definition) is 3. The highest BCUT2D eigenvalue weighted by Gasteiger charge is 2.08. The summed E-state index contributed by atoms with van der Waals surface area (Å²) >= 11 is 6.10. The van der Waals surface area contributed by atoms with Crippen molar-refractivity contribution in [2.45, 2.75) is 13.3 Å². The molecule has 0 radical (unpaired) electrons. The van der Waals surface area contributed by atoms with Crippen LogP contribution < -0.4 is 4.90 Å². The number of aldehydes is 1. The molecule has 0 saturated heterocycles. The second-order valence-corrected chi connectivity index (χ2v) is 3.89. The van der Waals surface area contributed by atoms with Gasteiger partial charge in [-0.15, -0.1) is 0 Å². The van der Waals surface area contributed by atoms with Gasteiger partial charge in [-0.2, -0.15) is 0 Å². The Morgan fingerprint density at radius 3 is 2.75 bits per heavy atom. The third-order valence-electron chi connectivity index (χ3n) is 2.42. The zero-order valence-corrected chi connectivity index (χ0v) is 10.1. The van der Waals surface area contributed by atoms with Gasteiger partial charge >= 0.3 is 0 Å². The Morgan fingerprint density at radius 2 is 2.25 bits per heavy atom. The van der Waals surface area contributed by atoms with E-state index in [1.807, 2.05) is 13.0 Å². The van der Waals surface area contributed by atoms with E-state index in [0.717, 1.165) is 25.1 Å². The fourth-order valence-electron chi connectivity index (χ4n) is 1.56. The lowest BCUT2D eigenvalue weighted by Gasteiger charge is -2.23. The van der Waals surface area contributed by atoms with E-state index in [1.165, 1.54) is 0 Å². The van der Waals surface area contributed by atoms with Crippen molar-refractivity contribution in [1.29, 1.82) is 0 Å². The molecule has 0 unspecified atom stereocenters. The number of hydrogen-bond donors (Lipinski definition) is 1. The summed E-state index contributed by atoms with van der Waals surface area (Å²) in [6.45, 7) is 3.77. The van der Waals surface area contributed by atoms with Crippen molar-refractivity contribution in [2.24, 2.45) is 0 Å². The van der Waals surface area contributed by atoms with Gasteiger partial charge in [-0.05, 0) is 31.5 Å². The lowest BCUT2D eigenvalue weighted by atomic mass is 10.2. The van der Waals surface area contributed by atoms with Crippen LogP contribution in [0.3, 0.4) is 0 Å². The van der Waals surface area contributed by atoms with Crippen LogP contribution in [0.2, 0.25) is 5.02 Å². The molecule has 4 heteroatoms. The zero-order chi connectivity index (χ0) is 12.0. The van der Waals surface area contributed by atoms with Crippen LogP contribution in [-0.2, 0) is 0 Å². The SMILES string of the molecule is CCN(CCCO)c1ccc(C=O)cc1Cl. The van der Waals surface area contributed by atoms with E-state index < -0.39 is 0 Å². The third-order valence-corrected chi connectivity index (χ3v) is 2.72. The topological polar surface area (TPSA) is 40.5 Å². The van der Waals surface area contributed by atoms with Crippen LogP contribution >= 0.6 is 11.6 Å². The lowest BCUT2D eigenvalue weighted by Crippen LogP contribution is -2.24.